The highest BCUT2D eigenvalue weighted by molar-refractivity contribution is 5.14. The Bertz CT molecular complexity index is 386. The molecule has 0 unspecified atom stereocenters. The van der Waals surface area contributed by atoms with Crippen LogP contribution in [0, 0.1) is 0 Å². The summed E-state index contributed by atoms with van der Waals surface area (Å²) in [5, 5.41) is 0. The van der Waals surface area contributed by atoms with Crippen molar-refractivity contribution in [1.82, 2.24) is 4.90 Å². The molecule has 0 N–H and O–H groups in total. The number of nitrogens with zero attached hydrogens (tertiary/aromatic N) is 1. The van der Waals surface area contributed by atoms with Gasteiger partial charge >= 0.3 is 0 Å². The minimum Gasteiger partial charge on any atom is -0.307 e. The van der Waals surface area contributed by atoms with Crippen LogP contribution in [-0.4, -0.2) is 25.0 Å². The van der Waals surface area contributed by atoms with Gasteiger partial charge in [-0.05, 0) is 45.0 Å². The number of hydrogen-bond donors (Lipinski definition) is 0. The Hall–Kier alpha value is -0.820. The van der Waals surface area contributed by atoms with E-state index in [9.17, 15) is 0 Å². The molecule has 0 fully saturated rings. The lowest BCUT2D eigenvalue weighted by Crippen LogP contribution is -2.18. The van der Waals surface area contributed by atoms with Crippen LogP contribution in [0.15, 0.2) is 30.3 Å². The van der Waals surface area contributed by atoms with E-state index in [1.165, 1.54) is 115 Å². The summed E-state index contributed by atoms with van der Waals surface area (Å²) in [6, 6.07) is 10.9. The first-order valence-electron chi connectivity index (χ1n) is 11.6. The predicted octanol–water partition coefficient (Wildman–Crippen LogP) is 7.64. The first kappa shape index (κ1) is 23.2. The Labute approximate surface area is 164 Å². The monoisotopic (exact) mass is 359 g/mol. The van der Waals surface area contributed by atoms with Gasteiger partial charge in [0.05, 0.1) is 0 Å². The zero-order valence-corrected chi connectivity index (χ0v) is 17.9. The molecule has 150 valence electrons. The third kappa shape index (κ3) is 14.4. The van der Waals surface area contributed by atoms with E-state index in [1.807, 2.05) is 0 Å². The van der Waals surface area contributed by atoms with Gasteiger partial charge in [0.15, 0.2) is 0 Å². The van der Waals surface area contributed by atoms with Crippen molar-refractivity contribution < 1.29 is 0 Å². The highest BCUT2D eigenvalue weighted by atomic mass is 15.1. The molecular weight excluding hydrogens is 314 g/mol. The van der Waals surface area contributed by atoms with Gasteiger partial charge in [0.2, 0.25) is 0 Å². The van der Waals surface area contributed by atoms with Gasteiger partial charge in [-0.3, -0.25) is 0 Å². The van der Waals surface area contributed by atoms with E-state index in [-0.39, 0.29) is 0 Å². The molecule has 1 rings (SSSR count). The van der Waals surface area contributed by atoms with Crippen molar-refractivity contribution in [2.45, 2.75) is 103 Å². The van der Waals surface area contributed by atoms with Gasteiger partial charge in [0.25, 0.3) is 0 Å². The lowest BCUT2D eigenvalue weighted by molar-refractivity contribution is 0.340. The zero-order valence-electron chi connectivity index (χ0n) is 17.9. The van der Waals surface area contributed by atoms with Crippen LogP contribution in [-0.2, 0) is 6.42 Å². The fourth-order valence-corrected chi connectivity index (χ4v) is 3.63. The van der Waals surface area contributed by atoms with Crippen molar-refractivity contribution in [2.24, 2.45) is 0 Å². The molecule has 26 heavy (non-hydrogen) atoms. The molecule has 1 aromatic rings. The second kappa shape index (κ2) is 17.6. The van der Waals surface area contributed by atoms with Crippen LogP contribution in [0.5, 0.6) is 0 Å². The number of aryl methyl sites for hydroxylation is 1. The molecule has 0 bridgehead atoms. The summed E-state index contributed by atoms with van der Waals surface area (Å²) in [5.41, 5.74) is 1.50. The molecule has 0 aliphatic carbocycles. The number of rotatable bonds is 18. The summed E-state index contributed by atoms with van der Waals surface area (Å²) < 4.78 is 0. The molecule has 0 heterocycles. The average molecular weight is 360 g/mol. The molecule has 0 saturated carbocycles. The van der Waals surface area contributed by atoms with Gasteiger partial charge in [-0.25, -0.2) is 0 Å². The standard InChI is InChI=1S/C25H45N/c1-3-26(2)24-20-15-13-11-9-7-5-4-6-8-10-12-14-17-21-25-22-18-16-19-23-25/h16,18-19,22-23H,3-15,17,20-21,24H2,1-2H3. The van der Waals surface area contributed by atoms with Gasteiger partial charge in [0, 0.05) is 0 Å². The first-order chi connectivity index (χ1) is 12.8. The van der Waals surface area contributed by atoms with Crippen molar-refractivity contribution in [2.75, 3.05) is 20.1 Å². The molecule has 1 aromatic carbocycles. The highest BCUT2D eigenvalue weighted by Crippen LogP contribution is 2.14. The van der Waals surface area contributed by atoms with E-state index in [0.717, 1.165) is 0 Å². The van der Waals surface area contributed by atoms with Crippen molar-refractivity contribution in [3.05, 3.63) is 35.9 Å². The lowest BCUT2D eigenvalue weighted by Gasteiger charge is -2.12. The van der Waals surface area contributed by atoms with Gasteiger partial charge in [-0.15, -0.1) is 0 Å². The Kier molecular flexibility index (Phi) is 15.7. The molecule has 0 saturated heterocycles. The molecule has 0 atom stereocenters. The first-order valence-corrected chi connectivity index (χ1v) is 11.6. The smallest absolute Gasteiger partial charge is 0.00219 e. The molecule has 0 radical (unpaired) electrons. The van der Waals surface area contributed by atoms with E-state index in [0.29, 0.717) is 0 Å². The van der Waals surface area contributed by atoms with Gasteiger partial charge in [0.1, 0.15) is 0 Å². The fourth-order valence-electron chi connectivity index (χ4n) is 3.63. The number of unbranched alkanes of at least 4 members (excludes halogenated alkanes) is 13. The molecule has 0 aliphatic rings. The predicted molar refractivity (Wildman–Crippen MR) is 118 cm³/mol. The van der Waals surface area contributed by atoms with Gasteiger partial charge in [-0.1, -0.05) is 114 Å². The molecule has 1 heteroatoms. The largest absolute Gasteiger partial charge is 0.307 e. The van der Waals surface area contributed by atoms with E-state index in [1.54, 1.807) is 0 Å². The van der Waals surface area contributed by atoms with Crippen molar-refractivity contribution in [3.8, 4) is 0 Å². The highest BCUT2D eigenvalue weighted by Gasteiger charge is 1.96. The summed E-state index contributed by atoms with van der Waals surface area (Å²) in [7, 11) is 2.23. The van der Waals surface area contributed by atoms with Crippen LogP contribution in [0.25, 0.3) is 0 Å². The zero-order chi connectivity index (χ0) is 18.7. The van der Waals surface area contributed by atoms with Crippen molar-refractivity contribution in [3.63, 3.8) is 0 Å². The third-order valence-electron chi connectivity index (χ3n) is 5.64. The molecule has 0 spiro atoms. The maximum atomic E-state index is 2.42. The Balaban J connectivity index is 1.71. The van der Waals surface area contributed by atoms with Crippen molar-refractivity contribution in [1.29, 1.82) is 0 Å². The normalized spacial score (nSPS) is 11.3. The molecular formula is C25H45N. The van der Waals surface area contributed by atoms with E-state index in [4.69, 9.17) is 0 Å². The SMILES string of the molecule is CCN(C)CCCCCCCCCCCCCCCCc1ccccc1. The second-order valence-corrected chi connectivity index (χ2v) is 8.08. The minimum atomic E-state index is 1.19. The van der Waals surface area contributed by atoms with Gasteiger partial charge in [-0.2, -0.15) is 0 Å². The van der Waals surface area contributed by atoms with Crippen LogP contribution < -0.4 is 0 Å². The van der Waals surface area contributed by atoms with Crippen molar-refractivity contribution >= 4 is 0 Å². The fraction of sp³-hybridized carbons (Fsp3) is 0.760. The Morgan fingerprint density at radius 2 is 1.00 bits per heavy atom. The maximum absolute atomic E-state index is 2.42. The van der Waals surface area contributed by atoms with Crippen LogP contribution in [0.3, 0.4) is 0 Å². The number of hydrogen-bond acceptors (Lipinski definition) is 1. The molecule has 0 aliphatic heterocycles. The van der Waals surface area contributed by atoms with Crippen LogP contribution in [0.2, 0.25) is 0 Å². The Morgan fingerprint density at radius 3 is 1.46 bits per heavy atom. The van der Waals surface area contributed by atoms with Gasteiger partial charge < -0.3 is 4.90 Å². The summed E-state index contributed by atoms with van der Waals surface area (Å²) in [6.07, 6.45) is 21.4. The molecule has 1 nitrogen and oxygen atoms in total. The van der Waals surface area contributed by atoms with Crippen LogP contribution in [0.1, 0.15) is 102 Å². The summed E-state index contributed by atoms with van der Waals surface area (Å²) in [4.78, 5) is 2.42. The topological polar surface area (TPSA) is 3.24 Å². The van der Waals surface area contributed by atoms with Crippen LogP contribution in [0.4, 0.5) is 0 Å². The Morgan fingerprint density at radius 1 is 0.577 bits per heavy atom. The summed E-state index contributed by atoms with van der Waals surface area (Å²) >= 11 is 0. The number of benzene rings is 1. The van der Waals surface area contributed by atoms with E-state index < -0.39 is 0 Å². The van der Waals surface area contributed by atoms with E-state index in [2.05, 4.69) is 49.2 Å². The van der Waals surface area contributed by atoms with E-state index >= 15 is 0 Å². The lowest BCUT2D eigenvalue weighted by atomic mass is 10.0. The molecule has 0 amide bonds. The quantitative estimate of drug-likeness (QED) is 0.243. The summed E-state index contributed by atoms with van der Waals surface area (Å²) in [6.45, 7) is 4.71. The summed E-state index contributed by atoms with van der Waals surface area (Å²) in [5.74, 6) is 0. The second-order valence-electron chi connectivity index (χ2n) is 8.08. The third-order valence-corrected chi connectivity index (χ3v) is 5.64. The average Bonchev–Trinajstić information content (AvgIpc) is 2.68. The van der Waals surface area contributed by atoms with Crippen LogP contribution >= 0.6 is 0 Å². The molecule has 0 aromatic heterocycles. The maximum Gasteiger partial charge on any atom is -0.00219 e. The minimum absolute atomic E-state index is 1.19.